The lowest BCUT2D eigenvalue weighted by atomic mass is 9.85. The zero-order valence-electron chi connectivity index (χ0n) is 13.5. The maximum Gasteiger partial charge on any atom is 0.320 e. The zero-order valence-corrected chi connectivity index (χ0v) is 14.4. The summed E-state index contributed by atoms with van der Waals surface area (Å²) in [6.07, 6.45) is 4.21. The molecule has 3 atom stereocenters. The second kappa shape index (κ2) is 8.51. The van der Waals surface area contributed by atoms with E-state index < -0.39 is 5.97 Å². The number of thioether (sulfide) groups is 1. The molecule has 1 aliphatic heterocycles. The summed E-state index contributed by atoms with van der Waals surface area (Å²) >= 11 is 1.74. The van der Waals surface area contributed by atoms with Crippen molar-refractivity contribution in [2.24, 2.45) is 11.8 Å². The van der Waals surface area contributed by atoms with Gasteiger partial charge >= 0.3 is 12.0 Å². The van der Waals surface area contributed by atoms with E-state index in [4.69, 9.17) is 5.11 Å². The Hall–Kier alpha value is -0.910. The zero-order chi connectivity index (χ0) is 16.0. The average Bonchev–Trinajstić information content (AvgIpc) is 2.45. The molecule has 5 nitrogen and oxygen atoms in total. The highest BCUT2D eigenvalue weighted by Gasteiger charge is 2.30. The minimum absolute atomic E-state index is 0.0729. The van der Waals surface area contributed by atoms with Crippen LogP contribution in [0.15, 0.2) is 0 Å². The van der Waals surface area contributed by atoms with Crippen LogP contribution in [0.25, 0.3) is 0 Å². The van der Waals surface area contributed by atoms with Crippen LogP contribution in [0.3, 0.4) is 0 Å². The van der Waals surface area contributed by atoms with Gasteiger partial charge in [0.25, 0.3) is 0 Å². The number of aliphatic carboxylic acids is 1. The van der Waals surface area contributed by atoms with Crippen LogP contribution in [0.1, 0.15) is 33.1 Å². The van der Waals surface area contributed by atoms with Crippen molar-refractivity contribution in [3.05, 3.63) is 0 Å². The van der Waals surface area contributed by atoms with Crippen LogP contribution in [0.4, 0.5) is 4.79 Å². The Morgan fingerprint density at radius 3 is 2.67 bits per heavy atom. The number of hydrogen-bond acceptors (Lipinski definition) is 3. The van der Waals surface area contributed by atoms with Gasteiger partial charge in [-0.2, -0.15) is 11.8 Å². The number of carboxylic acid groups (broad SMARTS) is 1. The summed E-state index contributed by atoms with van der Waals surface area (Å²) in [5.74, 6) is 0.585. The summed E-state index contributed by atoms with van der Waals surface area (Å²) < 4.78 is 0. The van der Waals surface area contributed by atoms with Crippen molar-refractivity contribution < 1.29 is 14.7 Å². The number of carboxylic acids is 1. The third kappa shape index (κ3) is 5.41. The molecule has 1 aliphatic rings. The van der Waals surface area contributed by atoms with Crippen molar-refractivity contribution in [1.82, 2.24) is 9.80 Å². The van der Waals surface area contributed by atoms with E-state index >= 15 is 0 Å². The van der Waals surface area contributed by atoms with Gasteiger partial charge in [-0.3, -0.25) is 4.79 Å². The molecule has 6 heteroatoms. The molecule has 0 saturated carbocycles. The lowest BCUT2D eigenvalue weighted by Crippen LogP contribution is -2.50. The van der Waals surface area contributed by atoms with Crippen LogP contribution in [0.5, 0.6) is 0 Å². The summed E-state index contributed by atoms with van der Waals surface area (Å²) in [5, 5.41) is 8.92. The normalized spacial score (nSPS) is 21.7. The molecule has 0 spiro atoms. The van der Waals surface area contributed by atoms with E-state index in [2.05, 4.69) is 6.92 Å². The lowest BCUT2D eigenvalue weighted by Gasteiger charge is -2.38. The number of rotatable bonds is 6. The van der Waals surface area contributed by atoms with E-state index in [1.165, 1.54) is 0 Å². The quantitative estimate of drug-likeness (QED) is 0.818. The Morgan fingerprint density at radius 1 is 1.43 bits per heavy atom. The molecule has 1 rings (SSSR count). The summed E-state index contributed by atoms with van der Waals surface area (Å²) in [5.41, 5.74) is 0. The number of likely N-dealkylation sites (tertiary alicyclic amines) is 1. The standard InChI is InChI=1S/C15H28N2O3S/c1-11(8-14(18)19)13-6-5-7-17(9-13)15(20)16(3)12(2)10-21-4/h11-13H,5-10H2,1-4H3,(H,18,19). The van der Waals surface area contributed by atoms with E-state index in [-0.39, 0.29) is 24.4 Å². The number of carbonyl (C=O) groups excluding carboxylic acids is 1. The van der Waals surface area contributed by atoms with E-state index in [9.17, 15) is 9.59 Å². The van der Waals surface area contributed by atoms with Crippen LogP contribution in [0.2, 0.25) is 0 Å². The molecule has 2 amide bonds. The molecule has 1 N–H and O–H groups in total. The molecule has 21 heavy (non-hydrogen) atoms. The van der Waals surface area contributed by atoms with Crippen molar-refractivity contribution in [3.63, 3.8) is 0 Å². The van der Waals surface area contributed by atoms with Gasteiger partial charge in [0.1, 0.15) is 0 Å². The maximum absolute atomic E-state index is 12.5. The third-order valence-electron chi connectivity index (χ3n) is 4.40. The average molecular weight is 316 g/mol. The predicted octanol–water partition coefficient (Wildman–Crippen LogP) is 2.61. The van der Waals surface area contributed by atoms with E-state index in [0.717, 1.165) is 25.1 Å². The highest BCUT2D eigenvalue weighted by Crippen LogP contribution is 2.26. The first-order chi connectivity index (χ1) is 9.86. The fourth-order valence-electron chi connectivity index (χ4n) is 2.85. The SMILES string of the molecule is CSCC(C)N(C)C(=O)N1CCCC(C(C)CC(=O)O)C1. The topological polar surface area (TPSA) is 60.9 Å². The predicted molar refractivity (Wildman–Crippen MR) is 86.7 cm³/mol. The first-order valence-electron chi connectivity index (χ1n) is 7.59. The summed E-state index contributed by atoms with van der Waals surface area (Å²) in [6, 6.07) is 0.285. The van der Waals surface area contributed by atoms with Gasteiger partial charge in [0.05, 0.1) is 0 Å². The molecule has 0 bridgehead atoms. The fourth-order valence-corrected chi connectivity index (χ4v) is 3.56. The minimum atomic E-state index is -0.753. The van der Waals surface area contributed by atoms with Gasteiger partial charge in [-0.15, -0.1) is 0 Å². The first kappa shape index (κ1) is 18.1. The maximum atomic E-state index is 12.5. The third-order valence-corrected chi connectivity index (χ3v) is 5.22. The van der Waals surface area contributed by atoms with E-state index in [1.807, 2.05) is 25.1 Å². The lowest BCUT2D eigenvalue weighted by molar-refractivity contribution is -0.138. The van der Waals surface area contributed by atoms with Gasteiger partial charge in [0.2, 0.25) is 0 Å². The van der Waals surface area contributed by atoms with E-state index in [1.54, 1.807) is 16.7 Å². The Labute approximate surface area is 132 Å². The smallest absolute Gasteiger partial charge is 0.320 e. The summed E-state index contributed by atoms with van der Waals surface area (Å²) in [7, 11) is 1.85. The number of piperidine rings is 1. The Balaban J connectivity index is 2.58. The first-order valence-corrected chi connectivity index (χ1v) is 8.98. The summed E-state index contributed by atoms with van der Waals surface area (Å²) in [6.45, 7) is 5.50. The van der Waals surface area contributed by atoms with Crippen molar-refractivity contribution in [1.29, 1.82) is 0 Å². The number of nitrogens with zero attached hydrogens (tertiary/aromatic N) is 2. The molecule has 1 fully saturated rings. The van der Waals surface area contributed by atoms with E-state index in [0.29, 0.717) is 12.5 Å². The molecule has 1 saturated heterocycles. The largest absolute Gasteiger partial charge is 0.481 e. The molecule has 0 aromatic rings. The van der Waals surface area contributed by atoms with Crippen molar-refractivity contribution >= 4 is 23.8 Å². The van der Waals surface area contributed by atoms with Gasteiger partial charge in [-0.25, -0.2) is 4.79 Å². The Morgan fingerprint density at radius 2 is 2.10 bits per heavy atom. The van der Waals surface area contributed by atoms with Gasteiger partial charge < -0.3 is 14.9 Å². The highest BCUT2D eigenvalue weighted by molar-refractivity contribution is 7.98. The fraction of sp³-hybridized carbons (Fsp3) is 0.867. The number of urea groups is 1. The Kier molecular flexibility index (Phi) is 7.35. The van der Waals surface area contributed by atoms with Gasteiger partial charge in [-0.1, -0.05) is 6.92 Å². The number of amides is 2. The van der Waals surface area contributed by atoms with Crippen molar-refractivity contribution in [2.75, 3.05) is 32.1 Å². The van der Waals surface area contributed by atoms with Crippen LogP contribution < -0.4 is 0 Å². The minimum Gasteiger partial charge on any atom is -0.481 e. The summed E-state index contributed by atoms with van der Waals surface area (Å²) in [4.78, 5) is 27.1. The van der Waals surface area contributed by atoms with Crippen LogP contribution in [-0.2, 0) is 4.79 Å². The molecule has 0 aromatic heterocycles. The molecule has 122 valence electrons. The number of carbonyl (C=O) groups is 2. The molecule has 0 radical (unpaired) electrons. The van der Waals surface area contributed by atoms with Gasteiger partial charge in [0, 0.05) is 38.4 Å². The second-order valence-electron chi connectivity index (χ2n) is 6.12. The number of hydrogen-bond donors (Lipinski definition) is 1. The molecule has 0 aromatic carbocycles. The molecular weight excluding hydrogens is 288 g/mol. The molecule has 3 unspecified atom stereocenters. The second-order valence-corrected chi connectivity index (χ2v) is 7.03. The molecule has 0 aliphatic carbocycles. The monoisotopic (exact) mass is 316 g/mol. The van der Waals surface area contributed by atoms with Gasteiger partial charge in [0.15, 0.2) is 0 Å². The molecular formula is C15H28N2O3S. The van der Waals surface area contributed by atoms with Crippen LogP contribution >= 0.6 is 11.8 Å². The van der Waals surface area contributed by atoms with Gasteiger partial charge in [-0.05, 0) is 37.9 Å². The van der Waals surface area contributed by atoms with Crippen LogP contribution in [-0.4, -0.2) is 65.1 Å². The van der Waals surface area contributed by atoms with Crippen molar-refractivity contribution in [3.8, 4) is 0 Å². The molecule has 1 heterocycles. The van der Waals surface area contributed by atoms with Crippen molar-refractivity contribution in [2.45, 2.75) is 39.2 Å². The van der Waals surface area contributed by atoms with Crippen LogP contribution in [0, 0.1) is 11.8 Å². The Bertz CT molecular complexity index is 365. The highest BCUT2D eigenvalue weighted by atomic mass is 32.2.